The van der Waals surface area contributed by atoms with E-state index in [1.54, 1.807) is 18.2 Å². The van der Waals surface area contributed by atoms with Gasteiger partial charge in [0.2, 0.25) is 0 Å². The number of aliphatic hydroxyl groups is 1. The molecular weight excluding hydrogens is 388 g/mol. The first-order valence-electron chi connectivity index (χ1n) is 8.79. The molecule has 2 aromatic heterocycles. The molecule has 2 heterocycles. The monoisotopic (exact) mass is 412 g/mol. The summed E-state index contributed by atoms with van der Waals surface area (Å²) in [6, 6.07) is 5.32. The van der Waals surface area contributed by atoms with Crippen molar-refractivity contribution in [2.75, 3.05) is 26.2 Å². The minimum absolute atomic E-state index is 0.212. The highest BCUT2D eigenvalue weighted by Gasteiger charge is 2.12. The molecule has 0 aromatic carbocycles. The Bertz CT molecular complexity index is 759. The smallest absolute Gasteiger partial charge is 0.287 e. The minimum Gasteiger partial charge on any atom is -0.459 e. The number of aryl methyl sites for hydroxylation is 1. The fourth-order valence-electron chi connectivity index (χ4n) is 2.30. The van der Waals surface area contributed by atoms with Gasteiger partial charge >= 0.3 is 0 Å². The Hall–Kier alpha value is -2.03. The second-order valence-corrected chi connectivity index (χ2v) is 7.59. The zero-order chi connectivity index (χ0) is 19.6. The van der Waals surface area contributed by atoms with E-state index in [1.165, 1.54) is 17.6 Å². The molecule has 0 spiro atoms. The van der Waals surface area contributed by atoms with E-state index in [0.717, 1.165) is 16.9 Å². The van der Waals surface area contributed by atoms with Crippen molar-refractivity contribution in [3.8, 4) is 0 Å². The Morgan fingerprint density at radius 3 is 2.70 bits per heavy atom. The molecule has 7 nitrogen and oxygen atoms in total. The second-order valence-electron chi connectivity index (χ2n) is 5.85. The van der Waals surface area contributed by atoms with Crippen LogP contribution < -0.4 is 16.0 Å². The quantitative estimate of drug-likeness (QED) is 0.288. The van der Waals surface area contributed by atoms with E-state index in [0.29, 0.717) is 35.7 Å². The SMILES string of the molecule is CCNC(=NCC(O)c1ccc(Cl)s1)NCCCNC(=O)c1occc1C. The van der Waals surface area contributed by atoms with Crippen LogP contribution in [0.5, 0.6) is 0 Å². The minimum atomic E-state index is -0.686. The molecule has 9 heteroatoms. The summed E-state index contributed by atoms with van der Waals surface area (Å²) >= 11 is 7.23. The number of rotatable bonds is 9. The van der Waals surface area contributed by atoms with Crippen molar-refractivity contribution >= 4 is 34.8 Å². The van der Waals surface area contributed by atoms with Gasteiger partial charge in [0.15, 0.2) is 11.7 Å². The van der Waals surface area contributed by atoms with Gasteiger partial charge in [-0.25, -0.2) is 0 Å². The van der Waals surface area contributed by atoms with Gasteiger partial charge in [0.05, 0.1) is 17.1 Å². The summed E-state index contributed by atoms with van der Waals surface area (Å²) in [5, 5.41) is 19.3. The third-order valence-electron chi connectivity index (χ3n) is 3.69. The number of guanidine groups is 1. The first kappa shape index (κ1) is 21.3. The Labute approximate surface area is 167 Å². The van der Waals surface area contributed by atoms with Crippen LogP contribution in [0.15, 0.2) is 33.9 Å². The number of aliphatic imine (C=N–C) groups is 1. The summed E-state index contributed by atoms with van der Waals surface area (Å²) in [5.41, 5.74) is 0.817. The van der Waals surface area contributed by atoms with E-state index >= 15 is 0 Å². The van der Waals surface area contributed by atoms with Crippen molar-refractivity contribution in [2.24, 2.45) is 4.99 Å². The molecule has 1 amide bonds. The van der Waals surface area contributed by atoms with Crippen molar-refractivity contribution in [3.05, 3.63) is 45.0 Å². The summed E-state index contributed by atoms with van der Waals surface area (Å²) < 4.78 is 5.80. The number of nitrogens with one attached hydrogen (secondary N) is 3. The normalized spacial score (nSPS) is 12.7. The van der Waals surface area contributed by atoms with E-state index in [1.807, 2.05) is 13.8 Å². The lowest BCUT2D eigenvalue weighted by Gasteiger charge is -2.12. The highest BCUT2D eigenvalue weighted by atomic mass is 35.5. The topological polar surface area (TPSA) is 98.9 Å². The summed E-state index contributed by atoms with van der Waals surface area (Å²) in [7, 11) is 0. The van der Waals surface area contributed by atoms with Crippen LogP contribution in [0.3, 0.4) is 0 Å². The average Bonchev–Trinajstić information content (AvgIpc) is 3.27. The zero-order valence-corrected chi connectivity index (χ0v) is 17.0. The predicted molar refractivity (Wildman–Crippen MR) is 109 cm³/mol. The van der Waals surface area contributed by atoms with Crippen LogP contribution in [0.4, 0.5) is 0 Å². The number of furan rings is 1. The van der Waals surface area contributed by atoms with Gasteiger partial charge < -0.3 is 25.5 Å². The number of amides is 1. The highest BCUT2D eigenvalue weighted by molar-refractivity contribution is 7.16. The lowest BCUT2D eigenvalue weighted by atomic mass is 10.2. The summed E-state index contributed by atoms with van der Waals surface area (Å²) in [4.78, 5) is 17.1. The lowest BCUT2D eigenvalue weighted by Crippen LogP contribution is -2.39. The van der Waals surface area contributed by atoms with Crippen molar-refractivity contribution in [2.45, 2.75) is 26.4 Å². The van der Waals surface area contributed by atoms with Crippen LogP contribution in [0.25, 0.3) is 0 Å². The van der Waals surface area contributed by atoms with Crippen LogP contribution in [-0.4, -0.2) is 43.2 Å². The van der Waals surface area contributed by atoms with Crippen LogP contribution >= 0.6 is 22.9 Å². The molecule has 0 aliphatic carbocycles. The van der Waals surface area contributed by atoms with E-state index in [-0.39, 0.29) is 12.5 Å². The van der Waals surface area contributed by atoms with Crippen molar-refractivity contribution in [1.82, 2.24) is 16.0 Å². The summed E-state index contributed by atoms with van der Waals surface area (Å²) in [6.45, 7) is 5.89. The largest absolute Gasteiger partial charge is 0.459 e. The van der Waals surface area contributed by atoms with Crippen LogP contribution in [0.1, 0.15) is 40.4 Å². The van der Waals surface area contributed by atoms with E-state index in [9.17, 15) is 9.90 Å². The molecule has 148 valence electrons. The van der Waals surface area contributed by atoms with Gasteiger partial charge in [0, 0.05) is 30.1 Å². The van der Waals surface area contributed by atoms with E-state index in [4.69, 9.17) is 16.0 Å². The molecule has 1 unspecified atom stereocenters. The lowest BCUT2D eigenvalue weighted by molar-refractivity contribution is 0.0925. The third kappa shape index (κ3) is 6.89. The van der Waals surface area contributed by atoms with Gasteiger partial charge in [0.25, 0.3) is 5.91 Å². The highest BCUT2D eigenvalue weighted by Crippen LogP contribution is 2.26. The molecule has 2 aromatic rings. The fourth-order valence-corrected chi connectivity index (χ4v) is 3.34. The maximum absolute atomic E-state index is 11.9. The van der Waals surface area contributed by atoms with Crippen LogP contribution in [-0.2, 0) is 0 Å². The Kier molecular flexibility index (Phi) is 8.63. The number of thiophene rings is 1. The van der Waals surface area contributed by atoms with Gasteiger partial charge in [-0.3, -0.25) is 9.79 Å². The van der Waals surface area contributed by atoms with Crippen LogP contribution in [0, 0.1) is 6.92 Å². The Morgan fingerprint density at radius 1 is 1.30 bits per heavy atom. The molecular formula is C18H25ClN4O3S. The standard InChI is InChI=1S/C18H25ClN4O3S/c1-3-20-18(23-11-13(24)14-5-6-15(19)27-14)22-9-4-8-21-17(25)16-12(2)7-10-26-16/h5-7,10,13,24H,3-4,8-9,11H2,1-2H3,(H,21,25)(H2,20,22,23). The predicted octanol–water partition coefficient (Wildman–Crippen LogP) is 2.71. The molecule has 0 aliphatic heterocycles. The van der Waals surface area contributed by atoms with Crippen molar-refractivity contribution < 1.29 is 14.3 Å². The number of aliphatic hydroxyl groups excluding tert-OH is 1. The summed E-state index contributed by atoms with van der Waals surface area (Å²) in [5.74, 6) is 0.753. The maximum Gasteiger partial charge on any atom is 0.287 e. The Morgan fingerprint density at radius 2 is 2.07 bits per heavy atom. The summed E-state index contributed by atoms with van der Waals surface area (Å²) in [6.07, 6.45) is 1.54. The van der Waals surface area contributed by atoms with E-state index in [2.05, 4.69) is 20.9 Å². The van der Waals surface area contributed by atoms with Crippen LogP contribution in [0.2, 0.25) is 4.34 Å². The molecule has 27 heavy (non-hydrogen) atoms. The van der Waals surface area contributed by atoms with Crippen molar-refractivity contribution in [1.29, 1.82) is 0 Å². The molecule has 0 saturated carbocycles. The fraction of sp³-hybridized carbons (Fsp3) is 0.444. The molecule has 0 bridgehead atoms. The molecule has 0 fully saturated rings. The first-order valence-corrected chi connectivity index (χ1v) is 9.98. The molecule has 2 rings (SSSR count). The second kappa shape index (κ2) is 11.0. The van der Waals surface area contributed by atoms with Gasteiger partial charge in [-0.15, -0.1) is 11.3 Å². The molecule has 1 atom stereocenters. The number of nitrogens with zero attached hydrogens (tertiary/aromatic N) is 1. The zero-order valence-electron chi connectivity index (χ0n) is 15.4. The molecule has 0 radical (unpaired) electrons. The number of hydrogen-bond donors (Lipinski definition) is 4. The van der Waals surface area contributed by atoms with Crippen molar-refractivity contribution in [3.63, 3.8) is 0 Å². The Balaban J connectivity index is 1.72. The molecule has 0 aliphatic rings. The van der Waals surface area contributed by atoms with E-state index < -0.39 is 6.10 Å². The number of hydrogen-bond acceptors (Lipinski definition) is 5. The van der Waals surface area contributed by atoms with Gasteiger partial charge in [-0.05, 0) is 38.5 Å². The third-order valence-corrected chi connectivity index (χ3v) is 5.02. The van der Waals surface area contributed by atoms with Gasteiger partial charge in [-0.1, -0.05) is 11.6 Å². The average molecular weight is 413 g/mol. The van der Waals surface area contributed by atoms with Gasteiger partial charge in [0.1, 0.15) is 6.10 Å². The molecule has 0 saturated heterocycles. The maximum atomic E-state index is 11.9. The first-order chi connectivity index (χ1) is 13.0. The molecule has 4 N–H and O–H groups in total. The number of carbonyl (C=O) groups excluding carboxylic acids is 1. The van der Waals surface area contributed by atoms with Gasteiger partial charge in [-0.2, -0.15) is 0 Å². The number of carbonyl (C=O) groups is 1. The number of halogens is 1.